The molecule has 0 spiro atoms. The maximum absolute atomic E-state index is 13.4. The molecule has 0 saturated carbocycles. The number of hydrogen-bond acceptors (Lipinski definition) is 2. The highest BCUT2D eigenvalue weighted by atomic mass is 19.1. The van der Waals surface area contributed by atoms with Gasteiger partial charge in [0.25, 0.3) is 0 Å². The topological polar surface area (TPSA) is 29.5 Å². The second-order valence-electron chi connectivity index (χ2n) is 3.44. The van der Waals surface area contributed by atoms with Crippen molar-refractivity contribution in [2.24, 2.45) is 0 Å². The molecule has 0 saturated heterocycles. The molecule has 0 amide bonds. The third-order valence-corrected chi connectivity index (χ3v) is 2.30. The van der Waals surface area contributed by atoms with Gasteiger partial charge in [-0.3, -0.25) is 0 Å². The van der Waals surface area contributed by atoms with Crippen molar-refractivity contribution in [3.8, 4) is 5.75 Å². The van der Waals surface area contributed by atoms with Crippen molar-refractivity contribution in [2.45, 2.75) is 19.8 Å². The molecule has 2 nitrogen and oxygen atoms in total. The molecule has 0 aromatic heterocycles. The summed E-state index contributed by atoms with van der Waals surface area (Å²) in [6, 6.07) is 3.25. The summed E-state index contributed by atoms with van der Waals surface area (Å²) in [5.74, 6) is -0.143. The molecule has 1 N–H and O–H groups in total. The fourth-order valence-corrected chi connectivity index (χ4v) is 1.41. The average Bonchev–Trinajstić information content (AvgIpc) is 2.16. The van der Waals surface area contributed by atoms with Crippen molar-refractivity contribution in [3.63, 3.8) is 0 Å². The summed E-state index contributed by atoms with van der Waals surface area (Å²) >= 11 is 0. The maximum atomic E-state index is 13.4. The van der Waals surface area contributed by atoms with Crippen LogP contribution in [0.25, 0.3) is 0 Å². The molecule has 0 radical (unpaired) electrons. The first-order valence-corrected chi connectivity index (χ1v) is 4.55. The number of halogens is 1. The zero-order valence-corrected chi connectivity index (χ0v) is 8.67. The highest BCUT2D eigenvalue weighted by molar-refractivity contribution is 5.38. The van der Waals surface area contributed by atoms with E-state index in [9.17, 15) is 4.39 Å². The van der Waals surface area contributed by atoms with Crippen LogP contribution in [-0.4, -0.2) is 18.8 Å². The molecule has 78 valence electrons. The summed E-state index contributed by atoms with van der Waals surface area (Å²) in [5.41, 5.74) is 1.55. The normalized spacial score (nSPS) is 12.6. The molecule has 1 rings (SSSR count). The van der Waals surface area contributed by atoms with E-state index in [1.54, 1.807) is 6.92 Å². The summed E-state index contributed by atoms with van der Waals surface area (Å²) in [7, 11) is 1.44. The van der Waals surface area contributed by atoms with Gasteiger partial charge in [-0.2, -0.15) is 0 Å². The fraction of sp³-hybridized carbons (Fsp3) is 0.455. The van der Waals surface area contributed by atoms with Gasteiger partial charge in [0.05, 0.1) is 7.11 Å². The van der Waals surface area contributed by atoms with Gasteiger partial charge in [0, 0.05) is 12.5 Å². The molecule has 1 atom stereocenters. The quantitative estimate of drug-likeness (QED) is 0.807. The zero-order valence-electron chi connectivity index (χ0n) is 8.67. The van der Waals surface area contributed by atoms with Crippen molar-refractivity contribution >= 4 is 0 Å². The molecule has 0 heterocycles. The summed E-state index contributed by atoms with van der Waals surface area (Å²) in [6.45, 7) is 3.65. The highest BCUT2D eigenvalue weighted by Crippen LogP contribution is 2.26. The highest BCUT2D eigenvalue weighted by Gasteiger charge is 2.11. The van der Waals surface area contributed by atoms with Crippen molar-refractivity contribution in [3.05, 3.63) is 29.1 Å². The first kappa shape index (κ1) is 11.0. The predicted octanol–water partition coefficient (Wildman–Crippen LogP) is 2.24. The molecule has 0 fully saturated rings. The van der Waals surface area contributed by atoms with E-state index in [0.717, 1.165) is 11.1 Å². The summed E-state index contributed by atoms with van der Waals surface area (Å²) in [5, 5.41) is 8.94. The molecule has 1 aromatic rings. The molecule has 14 heavy (non-hydrogen) atoms. The van der Waals surface area contributed by atoms with E-state index in [0.29, 0.717) is 0 Å². The minimum absolute atomic E-state index is 0.0191. The first-order chi connectivity index (χ1) is 6.60. The Morgan fingerprint density at radius 1 is 1.50 bits per heavy atom. The Kier molecular flexibility index (Phi) is 3.47. The number of aryl methyl sites for hydroxylation is 1. The Hall–Kier alpha value is -1.09. The molecule has 1 unspecified atom stereocenters. The van der Waals surface area contributed by atoms with Crippen LogP contribution in [0.4, 0.5) is 4.39 Å². The molecule has 0 bridgehead atoms. The van der Waals surface area contributed by atoms with E-state index in [1.807, 2.05) is 13.0 Å². The molecule has 0 aliphatic heterocycles. The lowest BCUT2D eigenvalue weighted by Crippen LogP contribution is -2.01. The van der Waals surface area contributed by atoms with Gasteiger partial charge in [-0.05, 0) is 24.1 Å². The van der Waals surface area contributed by atoms with Crippen LogP contribution in [0.15, 0.2) is 12.1 Å². The number of hydrogen-bond donors (Lipinski definition) is 1. The van der Waals surface area contributed by atoms with Crippen LogP contribution in [-0.2, 0) is 0 Å². The van der Waals surface area contributed by atoms with E-state index in [-0.39, 0.29) is 24.1 Å². The van der Waals surface area contributed by atoms with Crippen LogP contribution in [0, 0.1) is 12.7 Å². The van der Waals surface area contributed by atoms with Crippen LogP contribution >= 0.6 is 0 Å². The summed E-state index contributed by atoms with van der Waals surface area (Å²) in [6.07, 6.45) is 0. The second-order valence-corrected chi connectivity index (χ2v) is 3.44. The van der Waals surface area contributed by atoms with Crippen molar-refractivity contribution in [1.82, 2.24) is 0 Å². The van der Waals surface area contributed by atoms with Crippen molar-refractivity contribution in [1.29, 1.82) is 0 Å². The molecule has 0 aliphatic rings. The minimum atomic E-state index is -0.372. The minimum Gasteiger partial charge on any atom is -0.493 e. The summed E-state index contributed by atoms with van der Waals surface area (Å²) in [4.78, 5) is 0. The molecule has 1 aromatic carbocycles. The Bertz CT molecular complexity index is 300. The molecule has 0 aliphatic carbocycles. The number of rotatable bonds is 3. The van der Waals surface area contributed by atoms with Gasteiger partial charge in [0.2, 0.25) is 0 Å². The number of ether oxygens (including phenoxy) is 1. The molecule has 3 heteroatoms. The zero-order chi connectivity index (χ0) is 10.7. The third kappa shape index (κ3) is 2.04. The fourth-order valence-electron chi connectivity index (χ4n) is 1.41. The Morgan fingerprint density at radius 3 is 2.57 bits per heavy atom. The van der Waals surface area contributed by atoms with Gasteiger partial charge in [0.15, 0.2) is 11.6 Å². The lowest BCUT2D eigenvalue weighted by atomic mass is 9.99. The van der Waals surface area contributed by atoms with Gasteiger partial charge >= 0.3 is 0 Å². The number of aliphatic hydroxyl groups is 1. The maximum Gasteiger partial charge on any atom is 0.165 e. The van der Waals surface area contributed by atoms with Gasteiger partial charge in [-0.25, -0.2) is 4.39 Å². The lowest BCUT2D eigenvalue weighted by Gasteiger charge is -2.12. The SMILES string of the molecule is COc1c(C)cc(C(C)CO)cc1F. The van der Waals surface area contributed by atoms with E-state index in [2.05, 4.69) is 0 Å². The van der Waals surface area contributed by atoms with E-state index >= 15 is 0 Å². The number of aliphatic hydroxyl groups excluding tert-OH is 1. The standard InChI is InChI=1S/C11H15FO2/c1-7-4-9(8(2)6-13)5-10(12)11(7)14-3/h4-5,8,13H,6H2,1-3H3. The number of methoxy groups -OCH3 is 1. The van der Waals surface area contributed by atoms with Crippen molar-refractivity contribution < 1.29 is 14.2 Å². The largest absolute Gasteiger partial charge is 0.493 e. The smallest absolute Gasteiger partial charge is 0.165 e. The van der Waals surface area contributed by atoms with Crippen LogP contribution in [0.2, 0.25) is 0 Å². The van der Waals surface area contributed by atoms with Gasteiger partial charge in [0.1, 0.15) is 0 Å². The van der Waals surface area contributed by atoms with Gasteiger partial charge in [-0.1, -0.05) is 13.0 Å². The third-order valence-electron chi connectivity index (χ3n) is 2.30. The lowest BCUT2D eigenvalue weighted by molar-refractivity contribution is 0.272. The van der Waals surface area contributed by atoms with Crippen molar-refractivity contribution in [2.75, 3.05) is 13.7 Å². The van der Waals surface area contributed by atoms with E-state index in [4.69, 9.17) is 9.84 Å². The molecular formula is C11H15FO2. The number of benzene rings is 1. The molecular weight excluding hydrogens is 183 g/mol. The Labute approximate surface area is 83.3 Å². The Morgan fingerprint density at radius 2 is 2.14 bits per heavy atom. The average molecular weight is 198 g/mol. The first-order valence-electron chi connectivity index (χ1n) is 4.55. The monoisotopic (exact) mass is 198 g/mol. The Balaban J connectivity index is 3.13. The second kappa shape index (κ2) is 4.42. The van der Waals surface area contributed by atoms with Crippen LogP contribution in [0.5, 0.6) is 5.75 Å². The predicted molar refractivity (Wildman–Crippen MR) is 53.2 cm³/mol. The van der Waals surface area contributed by atoms with Gasteiger partial charge < -0.3 is 9.84 Å². The van der Waals surface area contributed by atoms with Gasteiger partial charge in [-0.15, -0.1) is 0 Å². The van der Waals surface area contributed by atoms with Crippen LogP contribution < -0.4 is 4.74 Å². The van der Waals surface area contributed by atoms with E-state index in [1.165, 1.54) is 13.2 Å². The van der Waals surface area contributed by atoms with Crippen LogP contribution in [0.1, 0.15) is 24.0 Å². The summed E-state index contributed by atoms with van der Waals surface area (Å²) < 4.78 is 18.3. The van der Waals surface area contributed by atoms with Crippen LogP contribution in [0.3, 0.4) is 0 Å². The van der Waals surface area contributed by atoms with E-state index < -0.39 is 0 Å².